The van der Waals surface area contributed by atoms with Gasteiger partial charge < -0.3 is 4.90 Å². The minimum atomic E-state index is 0.169. The number of aromatic amines is 1. The third-order valence-electron chi connectivity index (χ3n) is 3.12. The van der Waals surface area contributed by atoms with E-state index in [1.807, 2.05) is 0 Å². The van der Waals surface area contributed by atoms with Crippen LogP contribution in [0.4, 0.5) is 5.95 Å². The summed E-state index contributed by atoms with van der Waals surface area (Å²) in [4.78, 5) is 15.0. The van der Waals surface area contributed by atoms with E-state index in [0.29, 0.717) is 11.0 Å². The molecular weight excluding hydrogens is 252 g/mol. The molecule has 6 nitrogen and oxygen atoms in total. The Bertz CT molecular complexity index is 497. The van der Waals surface area contributed by atoms with Gasteiger partial charge in [0.15, 0.2) is 0 Å². The molecule has 1 aliphatic rings. The smallest absolute Gasteiger partial charge is 0.225 e. The molecule has 0 radical (unpaired) electrons. The lowest BCUT2D eigenvalue weighted by atomic mass is 10.0. The van der Waals surface area contributed by atoms with E-state index < -0.39 is 0 Å². The Kier molecular flexibility index (Phi) is 3.10. The van der Waals surface area contributed by atoms with E-state index in [9.17, 15) is 0 Å². The number of nitrogens with one attached hydrogen (secondary N) is 1. The summed E-state index contributed by atoms with van der Waals surface area (Å²) >= 11 is 5.81. The monoisotopic (exact) mass is 264 g/mol. The van der Waals surface area contributed by atoms with Crippen LogP contribution in [-0.2, 0) is 0 Å². The van der Waals surface area contributed by atoms with Gasteiger partial charge in [-0.25, -0.2) is 15.0 Å². The fourth-order valence-electron chi connectivity index (χ4n) is 2.28. The molecule has 1 fully saturated rings. The minimum Gasteiger partial charge on any atom is -0.331 e. The van der Waals surface area contributed by atoms with Crippen molar-refractivity contribution in [2.75, 3.05) is 11.4 Å². The molecule has 3 rings (SSSR count). The molecule has 18 heavy (non-hydrogen) atoms. The Hall–Kier alpha value is -1.69. The second kappa shape index (κ2) is 4.89. The highest BCUT2D eigenvalue weighted by molar-refractivity contribution is 6.30. The van der Waals surface area contributed by atoms with Crippen LogP contribution >= 0.6 is 11.6 Å². The number of piperidine rings is 1. The van der Waals surface area contributed by atoms with Gasteiger partial charge in [-0.3, -0.25) is 5.10 Å². The van der Waals surface area contributed by atoms with Crippen LogP contribution in [0.15, 0.2) is 18.7 Å². The van der Waals surface area contributed by atoms with Gasteiger partial charge in [0.25, 0.3) is 0 Å². The van der Waals surface area contributed by atoms with Crippen molar-refractivity contribution in [3.05, 3.63) is 29.6 Å². The molecule has 0 spiro atoms. The number of H-pyrrole nitrogens is 1. The summed E-state index contributed by atoms with van der Waals surface area (Å²) in [6.07, 6.45) is 8.12. The third kappa shape index (κ3) is 2.15. The standard InChI is InChI=1S/C11H13ClN6/c12-8-5-13-11(14-6-8)18-4-2-1-3-9(18)10-15-7-16-17-10/h5-7,9H,1-4H2,(H,15,16,17). The van der Waals surface area contributed by atoms with Crippen molar-refractivity contribution in [2.24, 2.45) is 0 Å². The molecule has 1 aliphatic heterocycles. The Labute approximate surface area is 109 Å². The average molecular weight is 265 g/mol. The van der Waals surface area contributed by atoms with E-state index in [-0.39, 0.29) is 6.04 Å². The average Bonchev–Trinajstić information content (AvgIpc) is 2.93. The number of halogens is 1. The number of anilines is 1. The van der Waals surface area contributed by atoms with Crippen molar-refractivity contribution in [1.82, 2.24) is 25.1 Å². The van der Waals surface area contributed by atoms with E-state index in [2.05, 4.69) is 30.0 Å². The number of hydrogen-bond donors (Lipinski definition) is 1. The van der Waals surface area contributed by atoms with Crippen molar-refractivity contribution in [3.63, 3.8) is 0 Å². The van der Waals surface area contributed by atoms with Crippen molar-refractivity contribution in [1.29, 1.82) is 0 Å². The zero-order chi connectivity index (χ0) is 12.4. The van der Waals surface area contributed by atoms with Crippen LogP contribution in [0.5, 0.6) is 0 Å². The first-order valence-electron chi connectivity index (χ1n) is 5.94. The van der Waals surface area contributed by atoms with Gasteiger partial charge in [-0.1, -0.05) is 11.6 Å². The maximum atomic E-state index is 5.81. The van der Waals surface area contributed by atoms with Crippen LogP contribution in [0.25, 0.3) is 0 Å². The largest absolute Gasteiger partial charge is 0.331 e. The Morgan fingerprint density at radius 3 is 2.78 bits per heavy atom. The topological polar surface area (TPSA) is 70.6 Å². The Balaban J connectivity index is 1.90. The Morgan fingerprint density at radius 2 is 2.06 bits per heavy atom. The summed E-state index contributed by atoms with van der Waals surface area (Å²) in [7, 11) is 0. The first kappa shape index (κ1) is 11.4. The summed E-state index contributed by atoms with van der Waals surface area (Å²) in [5.41, 5.74) is 0. The molecule has 1 unspecified atom stereocenters. The fourth-order valence-corrected chi connectivity index (χ4v) is 2.38. The normalized spacial score (nSPS) is 20.1. The zero-order valence-corrected chi connectivity index (χ0v) is 10.5. The fraction of sp³-hybridized carbons (Fsp3) is 0.455. The van der Waals surface area contributed by atoms with Gasteiger partial charge in [0.1, 0.15) is 12.2 Å². The predicted octanol–water partition coefficient (Wildman–Crippen LogP) is 1.98. The summed E-state index contributed by atoms with van der Waals surface area (Å²) < 4.78 is 0. The van der Waals surface area contributed by atoms with Crippen molar-refractivity contribution in [2.45, 2.75) is 25.3 Å². The van der Waals surface area contributed by atoms with Crippen molar-refractivity contribution in [3.8, 4) is 0 Å². The summed E-state index contributed by atoms with van der Waals surface area (Å²) in [6, 6.07) is 0.169. The quantitative estimate of drug-likeness (QED) is 0.898. The van der Waals surface area contributed by atoms with Gasteiger partial charge >= 0.3 is 0 Å². The first-order valence-corrected chi connectivity index (χ1v) is 6.32. The predicted molar refractivity (Wildman–Crippen MR) is 67.4 cm³/mol. The van der Waals surface area contributed by atoms with Gasteiger partial charge in [-0.05, 0) is 19.3 Å². The van der Waals surface area contributed by atoms with Gasteiger partial charge in [-0.15, -0.1) is 0 Å². The molecule has 2 aromatic heterocycles. The number of nitrogens with zero attached hydrogens (tertiary/aromatic N) is 5. The molecule has 0 amide bonds. The summed E-state index contributed by atoms with van der Waals surface area (Å²) in [6.45, 7) is 0.924. The summed E-state index contributed by atoms with van der Waals surface area (Å²) in [5.74, 6) is 1.56. The van der Waals surface area contributed by atoms with E-state index in [1.54, 1.807) is 12.4 Å². The highest BCUT2D eigenvalue weighted by Crippen LogP contribution is 2.31. The molecule has 0 bridgehead atoms. The molecule has 94 valence electrons. The molecular formula is C11H13ClN6. The lowest BCUT2D eigenvalue weighted by Crippen LogP contribution is -2.35. The minimum absolute atomic E-state index is 0.169. The highest BCUT2D eigenvalue weighted by Gasteiger charge is 2.27. The van der Waals surface area contributed by atoms with Gasteiger partial charge in [-0.2, -0.15) is 5.10 Å². The SMILES string of the molecule is Clc1cnc(N2CCCCC2c2ncn[nH]2)nc1. The zero-order valence-electron chi connectivity index (χ0n) is 9.75. The van der Waals surface area contributed by atoms with E-state index >= 15 is 0 Å². The van der Waals surface area contributed by atoms with Crippen LogP contribution in [0.3, 0.4) is 0 Å². The van der Waals surface area contributed by atoms with Crippen molar-refractivity contribution >= 4 is 17.5 Å². The van der Waals surface area contributed by atoms with Crippen LogP contribution < -0.4 is 4.90 Å². The molecule has 1 atom stereocenters. The van der Waals surface area contributed by atoms with Crippen LogP contribution in [0.2, 0.25) is 5.02 Å². The summed E-state index contributed by atoms with van der Waals surface area (Å²) in [5, 5.41) is 7.40. The van der Waals surface area contributed by atoms with Gasteiger partial charge in [0, 0.05) is 6.54 Å². The highest BCUT2D eigenvalue weighted by atomic mass is 35.5. The van der Waals surface area contributed by atoms with E-state index in [1.165, 1.54) is 12.7 Å². The number of hydrogen-bond acceptors (Lipinski definition) is 5. The number of aromatic nitrogens is 5. The Morgan fingerprint density at radius 1 is 1.22 bits per heavy atom. The molecule has 0 aliphatic carbocycles. The molecule has 0 aromatic carbocycles. The van der Waals surface area contributed by atoms with Crippen LogP contribution in [-0.4, -0.2) is 31.7 Å². The lowest BCUT2D eigenvalue weighted by Gasteiger charge is -2.34. The molecule has 7 heteroatoms. The molecule has 1 saturated heterocycles. The maximum Gasteiger partial charge on any atom is 0.225 e. The van der Waals surface area contributed by atoms with Crippen LogP contribution in [0, 0.1) is 0 Å². The molecule has 2 aromatic rings. The third-order valence-corrected chi connectivity index (χ3v) is 3.31. The van der Waals surface area contributed by atoms with Crippen molar-refractivity contribution < 1.29 is 0 Å². The van der Waals surface area contributed by atoms with Gasteiger partial charge in [0.2, 0.25) is 5.95 Å². The maximum absolute atomic E-state index is 5.81. The van der Waals surface area contributed by atoms with Crippen LogP contribution in [0.1, 0.15) is 31.1 Å². The molecule has 3 heterocycles. The molecule has 0 saturated carbocycles. The second-order valence-corrected chi connectivity index (χ2v) is 4.71. The van der Waals surface area contributed by atoms with E-state index in [0.717, 1.165) is 25.2 Å². The number of rotatable bonds is 2. The van der Waals surface area contributed by atoms with E-state index in [4.69, 9.17) is 11.6 Å². The van der Waals surface area contributed by atoms with Gasteiger partial charge in [0.05, 0.1) is 23.5 Å². The second-order valence-electron chi connectivity index (χ2n) is 4.28. The lowest BCUT2D eigenvalue weighted by molar-refractivity contribution is 0.450. The first-order chi connectivity index (χ1) is 8.84. The molecule has 1 N–H and O–H groups in total.